The summed E-state index contributed by atoms with van der Waals surface area (Å²) in [5.74, 6) is -0.906. The van der Waals surface area contributed by atoms with Gasteiger partial charge in [0.05, 0.1) is 19.6 Å². The maximum absolute atomic E-state index is 11.1. The smallest absolute Gasteiger partial charge is 0.309 e. The molecule has 27 heavy (non-hydrogen) atoms. The van der Waals surface area contributed by atoms with Crippen LogP contribution in [0, 0.1) is 0 Å². The Hall–Kier alpha value is -1.21. The van der Waals surface area contributed by atoms with Gasteiger partial charge in [-0.15, -0.1) is 13.2 Å². The number of aliphatic hydroxyl groups excluding tert-OH is 3. The van der Waals surface area contributed by atoms with Crippen LogP contribution in [0.5, 0.6) is 0 Å². The molecule has 4 N–H and O–H groups in total. The van der Waals surface area contributed by atoms with E-state index in [9.17, 15) is 20.1 Å². The highest BCUT2D eigenvalue weighted by Crippen LogP contribution is 2.17. The lowest BCUT2D eigenvalue weighted by molar-refractivity contribution is -0.933. The molecule has 2 unspecified atom stereocenters. The monoisotopic (exact) mass is 386 g/mol. The van der Waals surface area contributed by atoms with E-state index in [1.165, 1.54) is 0 Å². The fourth-order valence-corrected chi connectivity index (χ4v) is 3.51. The molecule has 158 valence electrons. The predicted octanol–water partition coefficient (Wildman–Crippen LogP) is 2.48. The Morgan fingerprint density at radius 2 is 1.37 bits per heavy atom. The van der Waals surface area contributed by atoms with E-state index in [4.69, 9.17) is 5.11 Å². The van der Waals surface area contributed by atoms with Crippen molar-refractivity contribution in [3.63, 3.8) is 0 Å². The van der Waals surface area contributed by atoms with Crippen LogP contribution in [0.4, 0.5) is 0 Å². The van der Waals surface area contributed by atoms with E-state index < -0.39 is 18.2 Å². The molecule has 0 heterocycles. The number of hydrogen-bond donors (Lipinski definition) is 4. The summed E-state index contributed by atoms with van der Waals surface area (Å²) in [6, 6.07) is 0. The zero-order valence-electron chi connectivity index (χ0n) is 16.8. The van der Waals surface area contributed by atoms with E-state index >= 15 is 0 Å². The van der Waals surface area contributed by atoms with Crippen LogP contribution >= 0.6 is 0 Å². The Bertz CT molecular complexity index is 389. The van der Waals surface area contributed by atoms with E-state index in [2.05, 4.69) is 13.2 Å². The van der Waals surface area contributed by atoms with Gasteiger partial charge in [-0.25, -0.2) is 0 Å². The normalized spacial score (nSPS) is 15.7. The summed E-state index contributed by atoms with van der Waals surface area (Å²) in [5.41, 5.74) is 0. The molecule has 2 atom stereocenters. The molecule has 0 fully saturated rings. The molecule has 0 rings (SSSR count). The molecule has 0 spiro atoms. The second kappa shape index (κ2) is 15.8. The molecule has 0 amide bonds. The molecule has 0 saturated carbocycles. The van der Waals surface area contributed by atoms with Crippen LogP contribution in [-0.4, -0.2) is 75.9 Å². The van der Waals surface area contributed by atoms with Crippen LogP contribution in [0.15, 0.2) is 25.3 Å². The summed E-state index contributed by atoms with van der Waals surface area (Å²) in [7, 11) is 0. The van der Waals surface area contributed by atoms with Crippen molar-refractivity contribution < 1.29 is 29.7 Å². The lowest BCUT2D eigenvalue weighted by Crippen LogP contribution is -2.58. The first kappa shape index (κ1) is 25.8. The quantitative estimate of drug-likeness (QED) is 0.155. The zero-order valence-corrected chi connectivity index (χ0v) is 16.8. The van der Waals surface area contributed by atoms with Crippen LogP contribution in [-0.2, 0) is 4.79 Å². The number of hydrogen-bond acceptors (Lipinski definition) is 4. The van der Waals surface area contributed by atoms with Crippen molar-refractivity contribution in [3.05, 3.63) is 25.3 Å². The maximum Gasteiger partial charge on any atom is 0.309 e. The Kier molecular flexibility index (Phi) is 15.1. The van der Waals surface area contributed by atoms with Crippen molar-refractivity contribution in [1.82, 2.24) is 0 Å². The van der Waals surface area contributed by atoms with Gasteiger partial charge in [-0.3, -0.25) is 4.79 Å². The fraction of sp³-hybridized carbons (Fsp3) is 0.762. The summed E-state index contributed by atoms with van der Waals surface area (Å²) < 4.78 is 0.230. The molecule has 0 aliphatic heterocycles. The van der Waals surface area contributed by atoms with Gasteiger partial charge in [0, 0.05) is 0 Å². The topological polar surface area (TPSA) is 98.0 Å². The SMILES string of the molecule is C=CCCCCC(O)C[N+](CCO)(CCC(=O)O)CC(O)CCCCC=C. The summed E-state index contributed by atoms with van der Waals surface area (Å²) in [6.07, 6.45) is 9.23. The van der Waals surface area contributed by atoms with Crippen LogP contribution in [0.1, 0.15) is 57.8 Å². The van der Waals surface area contributed by atoms with Gasteiger partial charge in [-0.1, -0.05) is 25.0 Å². The van der Waals surface area contributed by atoms with Crippen LogP contribution in [0.25, 0.3) is 0 Å². The van der Waals surface area contributed by atoms with Gasteiger partial charge < -0.3 is 24.9 Å². The molecule has 0 saturated heterocycles. The molecule has 0 aromatic heterocycles. The second-order valence-electron chi connectivity index (χ2n) is 7.48. The van der Waals surface area contributed by atoms with E-state index in [0.29, 0.717) is 39.0 Å². The molecule has 0 radical (unpaired) electrons. The third-order valence-corrected chi connectivity index (χ3v) is 4.96. The van der Waals surface area contributed by atoms with Gasteiger partial charge in [-0.05, 0) is 38.5 Å². The zero-order chi connectivity index (χ0) is 20.5. The average Bonchev–Trinajstić information content (AvgIpc) is 2.61. The van der Waals surface area contributed by atoms with E-state index in [1.54, 1.807) is 0 Å². The number of nitrogens with zero attached hydrogens (tertiary/aromatic N) is 1. The van der Waals surface area contributed by atoms with Gasteiger partial charge in [0.15, 0.2) is 0 Å². The van der Waals surface area contributed by atoms with Crippen LogP contribution in [0.3, 0.4) is 0 Å². The number of carboxylic acid groups (broad SMARTS) is 1. The van der Waals surface area contributed by atoms with Crippen molar-refractivity contribution in [3.8, 4) is 0 Å². The van der Waals surface area contributed by atoms with Gasteiger partial charge >= 0.3 is 5.97 Å². The van der Waals surface area contributed by atoms with Crippen molar-refractivity contribution in [2.24, 2.45) is 0 Å². The first-order valence-corrected chi connectivity index (χ1v) is 10.1. The van der Waals surface area contributed by atoms with E-state index in [0.717, 1.165) is 38.5 Å². The summed E-state index contributed by atoms with van der Waals surface area (Å²) in [5, 5.41) is 39.6. The fourth-order valence-electron chi connectivity index (χ4n) is 3.51. The highest BCUT2D eigenvalue weighted by molar-refractivity contribution is 5.66. The van der Waals surface area contributed by atoms with Crippen LogP contribution < -0.4 is 0 Å². The number of carbonyl (C=O) groups is 1. The molecule has 0 aromatic rings. The third kappa shape index (κ3) is 13.6. The van der Waals surface area contributed by atoms with Crippen molar-refractivity contribution in [1.29, 1.82) is 0 Å². The highest BCUT2D eigenvalue weighted by atomic mass is 16.4. The number of unbranched alkanes of at least 4 members (excludes halogenated alkanes) is 4. The Morgan fingerprint density at radius 3 is 1.74 bits per heavy atom. The van der Waals surface area contributed by atoms with Gasteiger partial charge in [0.1, 0.15) is 31.8 Å². The molecular weight excluding hydrogens is 346 g/mol. The Morgan fingerprint density at radius 1 is 0.889 bits per heavy atom. The van der Waals surface area contributed by atoms with Crippen LogP contribution in [0.2, 0.25) is 0 Å². The van der Waals surface area contributed by atoms with E-state index in [1.807, 2.05) is 12.2 Å². The Labute approximate surface area is 164 Å². The van der Waals surface area contributed by atoms with Crippen molar-refractivity contribution in [2.45, 2.75) is 70.0 Å². The second-order valence-corrected chi connectivity index (χ2v) is 7.48. The minimum atomic E-state index is -0.906. The van der Waals surface area contributed by atoms with E-state index in [-0.39, 0.29) is 17.5 Å². The third-order valence-electron chi connectivity index (χ3n) is 4.96. The summed E-state index contributed by atoms with van der Waals surface area (Å²) >= 11 is 0. The number of carboxylic acids is 1. The largest absolute Gasteiger partial charge is 0.481 e. The molecule has 0 bridgehead atoms. The highest BCUT2D eigenvalue weighted by Gasteiger charge is 2.33. The number of aliphatic carboxylic acids is 1. The molecular formula is C21H40NO5+. The lowest BCUT2D eigenvalue weighted by atomic mass is 10.1. The summed E-state index contributed by atoms with van der Waals surface area (Å²) in [6.45, 7) is 8.61. The molecule has 6 heteroatoms. The summed E-state index contributed by atoms with van der Waals surface area (Å²) in [4.78, 5) is 11.1. The standard InChI is InChI=1S/C21H39NO5/c1-3-5-7-9-11-19(24)17-22(15-16-23,14-13-21(26)27)18-20(25)12-10-8-6-4-2/h3-4,19-20,23-25H,1-2,5-18H2/p+1. The van der Waals surface area contributed by atoms with Gasteiger partial charge in [0.25, 0.3) is 0 Å². The minimum Gasteiger partial charge on any atom is -0.481 e. The first-order valence-electron chi connectivity index (χ1n) is 10.1. The van der Waals surface area contributed by atoms with Gasteiger partial charge in [0.2, 0.25) is 0 Å². The number of quaternary nitrogens is 1. The lowest BCUT2D eigenvalue weighted by Gasteiger charge is -2.41. The minimum absolute atomic E-state index is 0.0492. The molecule has 0 aromatic carbocycles. The number of rotatable bonds is 19. The molecule has 0 aliphatic carbocycles. The van der Waals surface area contributed by atoms with Gasteiger partial charge in [-0.2, -0.15) is 0 Å². The van der Waals surface area contributed by atoms with Crippen molar-refractivity contribution in [2.75, 3.05) is 32.8 Å². The number of aliphatic hydroxyl groups is 3. The molecule has 0 aliphatic rings. The van der Waals surface area contributed by atoms with Crippen molar-refractivity contribution >= 4 is 5.97 Å². The molecule has 6 nitrogen and oxygen atoms in total. The maximum atomic E-state index is 11.1. The Balaban J connectivity index is 4.88. The first-order chi connectivity index (χ1) is 12.9. The predicted molar refractivity (Wildman–Crippen MR) is 108 cm³/mol. The average molecular weight is 387 g/mol. The number of allylic oxidation sites excluding steroid dienone is 2.